The standard InChI is InChI=1S/C20H20F3NO4/c1-28-14-4-2-3-12(9-14)19(27)24-17-15(10-16(25)18(17)26)11-5-7-13(8-6-11)20(21,22)23/h2-9,15-18,25-26H,10H2,1H3,(H,24,27)/t15-,16-,17-,18-/m1/s1. The van der Waals surface area contributed by atoms with Gasteiger partial charge in [-0.2, -0.15) is 13.2 Å². The SMILES string of the molecule is COc1cccc(C(=O)N[C@H]2[C@H](O)[C@H](O)C[C@@H]2c2ccc(C(F)(F)F)cc2)c1. The van der Waals surface area contributed by atoms with E-state index in [1.807, 2.05) is 0 Å². The van der Waals surface area contributed by atoms with Crippen LogP contribution in [0.25, 0.3) is 0 Å². The number of nitrogens with one attached hydrogen (secondary N) is 1. The second kappa shape index (κ2) is 7.81. The largest absolute Gasteiger partial charge is 0.497 e. The monoisotopic (exact) mass is 395 g/mol. The number of aliphatic hydroxyl groups excluding tert-OH is 2. The Balaban J connectivity index is 1.82. The highest BCUT2D eigenvalue weighted by Gasteiger charge is 2.43. The van der Waals surface area contributed by atoms with E-state index in [1.54, 1.807) is 18.2 Å². The van der Waals surface area contributed by atoms with Crippen LogP contribution in [0.4, 0.5) is 13.2 Å². The van der Waals surface area contributed by atoms with Gasteiger partial charge < -0.3 is 20.3 Å². The van der Waals surface area contributed by atoms with Crippen LogP contribution in [0.15, 0.2) is 48.5 Å². The third kappa shape index (κ3) is 4.13. The van der Waals surface area contributed by atoms with Crippen LogP contribution >= 0.6 is 0 Å². The molecule has 0 radical (unpaired) electrons. The average Bonchev–Trinajstić information content (AvgIpc) is 2.96. The Morgan fingerprint density at radius 1 is 1.14 bits per heavy atom. The van der Waals surface area contributed by atoms with Crippen molar-refractivity contribution in [3.8, 4) is 5.75 Å². The van der Waals surface area contributed by atoms with Crippen LogP contribution in [0.3, 0.4) is 0 Å². The summed E-state index contributed by atoms with van der Waals surface area (Å²) in [6.45, 7) is 0. The Labute approximate surface area is 159 Å². The van der Waals surface area contributed by atoms with E-state index in [9.17, 15) is 28.2 Å². The summed E-state index contributed by atoms with van der Waals surface area (Å²) in [4.78, 5) is 12.6. The van der Waals surface area contributed by atoms with Gasteiger partial charge in [0.1, 0.15) is 11.9 Å². The molecule has 1 aliphatic carbocycles. The molecule has 1 saturated carbocycles. The molecule has 150 valence electrons. The quantitative estimate of drug-likeness (QED) is 0.744. The van der Waals surface area contributed by atoms with E-state index < -0.39 is 41.8 Å². The Morgan fingerprint density at radius 3 is 2.43 bits per heavy atom. The van der Waals surface area contributed by atoms with E-state index in [1.165, 1.54) is 25.3 Å². The predicted octanol–water partition coefficient (Wildman–Crippen LogP) is 2.72. The van der Waals surface area contributed by atoms with Gasteiger partial charge in [-0.25, -0.2) is 0 Å². The molecule has 0 heterocycles. The van der Waals surface area contributed by atoms with Crippen LogP contribution in [0.5, 0.6) is 5.75 Å². The molecule has 1 aliphatic rings. The number of benzene rings is 2. The summed E-state index contributed by atoms with van der Waals surface area (Å²) in [5.41, 5.74) is 0.0194. The number of halogens is 3. The fourth-order valence-electron chi connectivity index (χ4n) is 3.47. The molecule has 5 nitrogen and oxygen atoms in total. The molecule has 2 aromatic rings. The number of ether oxygens (including phenoxy) is 1. The van der Waals surface area contributed by atoms with E-state index in [-0.39, 0.29) is 6.42 Å². The first-order valence-corrected chi connectivity index (χ1v) is 8.69. The summed E-state index contributed by atoms with van der Waals surface area (Å²) in [6.07, 6.45) is -6.66. The van der Waals surface area contributed by atoms with Crippen molar-refractivity contribution in [2.24, 2.45) is 0 Å². The molecular weight excluding hydrogens is 375 g/mol. The Bertz CT molecular complexity index is 838. The molecule has 0 spiro atoms. The van der Waals surface area contributed by atoms with Gasteiger partial charge in [-0.1, -0.05) is 18.2 Å². The summed E-state index contributed by atoms with van der Waals surface area (Å²) in [7, 11) is 1.47. The zero-order valence-corrected chi connectivity index (χ0v) is 15.0. The fraction of sp³-hybridized carbons (Fsp3) is 0.350. The van der Waals surface area contributed by atoms with Crippen LogP contribution < -0.4 is 10.1 Å². The number of hydrogen-bond donors (Lipinski definition) is 3. The Hall–Kier alpha value is -2.58. The molecular formula is C20H20F3NO4. The highest BCUT2D eigenvalue weighted by molar-refractivity contribution is 5.94. The van der Waals surface area contributed by atoms with Gasteiger partial charge in [0.2, 0.25) is 0 Å². The summed E-state index contributed by atoms with van der Waals surface area (Å²) < 4.78 is 43.4. The lowest BCUT2D eigenvalue weighted by atomic mass is 9.92. The second-order valence-corrected chi connectivity index (χ2v) is 6.75. The normalized spacial score (nSPS) is 24.8. The molecule has 28 heavy (non-hydrogen) atoms. The summed E-state index contributed by atoms with van der Waals surface area (Å²) in [6, 6.07) is 10.1. The molecule has 0 unspecified atom stereocenters. The number of hydrogen-bond acceptors (Lipinski definition) is 4. The minimum absolute atomic E-state index is 0.121. The van der Waals surface area contributed by atoms with Gasteiger partial charge in [0, 0.05) is 11.5 Å². The van der Waals surface area contributed by atoms with Gasteiger partial charge in [0.05, 0.1) is 24.8 Å². The highest BCUT2D eigenvalue weighted by Crippen LogP contribution is 2.37. The third-order valence-corrected chi connectivity index (χ3v) is 4.99. The second-order valence-electron chi connectivity index (χ2n) is 6.75. The number of rotatable bonds is 4. The van der Waals surface area contributed by atoms with E-state index in [0.717, 1.165) is 12.1 Å². The molecule has 1 fully saturated rings. The van der Waals surface area contributed by atoms with E-state index in [2.05, 4.69) is 5.32 Å². The summed E-state index contributed by atoms with van der Waals surface area (Å²) in [5.74, 6) is -0.519. The zero-order chi connectivity index (χ0) is 20.5. The van der Waals surface area contributed by atoms with Crippen LogP contribution in [-0.4, -0.2) is 41.5 Å². The number of amides is 1. The topological polar surface area (TPSA) is 78.8 Å². The van der Waals surface area contributed by atoms with E-state index >= 15 is 0 Å². The number of alkyl halides is 3. The van der Waals surface area contributed by atoms with Gasteiger partial charge >= 0.3 is 6.18 Å². The van der Waals surface area contributed by atoms with E-state index in [4.69, 9.17) is 4.74 Å². The molecule has 3 N–H and O–H groups in total. The van der Waals surface area contributed by atoms with Crippen molar-refractivity contribution in [1.29, 1.82) is 0 Å². The molecule has 0 bridgehead atoms. The summed E-state index contributed by atoms with van der Waals surface area (Å²) in [5, 5.41) is 23.0. The number of carbonyl (C=O) groups is 1. The first-order valence-electron chi connectivity index (χ1n) is 8.69. The molecule has 3 rings (SSSR count). The Kier molecular flexibility index (Phi) is 5.62. The number of carbonyl (C=O) groups excluding carboxylic acids is 1. The smallest absolute Gasteiger partial charge is 0.416 e. The third-order valence-electron chi connectivity index (χ3n) is 4.99. The molecule has 1 amide bonds. The van der Waals surface area contributed by atoms with Gasteiger partial charge in [-0.05, 0) is 42.3 Å². The molecule has 8 heteroatoms. The molecule has 0 aromatic heterocycles. The first kappa shape index (κ1) is 20.2. The maximum absolute atomic E-state index is 12.8. The number of methoxy groups -OCH3 is 1. The van der Waals surface area contributed by atoms with Crippen LogP contribution in [0, 0.1) is 0 Å². The minimum Gasteiger partial charge on any atom is -0.497 e. The molecule has 0 saturated heterocycles. The van der Waals surface area contributed by atoms with Crippen LogP contribution in [0.1, 0.15) is 33.8 Å². The zero-order valence-electron chi connectivity index (χ0n) is 15.0. The first-order chi connectivity index (χ1) is 13.2. The van der Waals surface area contributed by atoms with Crippen LogP contribution in [0.2, 0.25) is 0 Å². The van der Waals surface area contributed by atoms with Crippen molar-refractivity contribution >= 4 is 5.91 Å². The highest BCUT2D eigenvalue weighted by atomic mass is 19.4. The average molecular weight is 395 g/mol. The lowest BCUT2D eigenvalue weighted by Gasteiger charge is -2.24. The molecule has 2 aromatic carbocycles. The minimum atomic E-state index is -4.45. The van der Waals surface area contributed by atoms with Gasteiger partial charge in [0.25, 0.3) is 5.91 Å². The lowest BCUT2D eigenvalue weighted by molar-refractivity contribution is -0.137. The van der Waals surface area contributed by atoms with Gasteiger partial charge in [-0.15, -0.1) is 0 Å². The predicted molar refractivity (Wildman–Crippen MR) is 95.1 cm³/mol. The van der Waals surface area contributed by atoms with Crippen molar-refractivity contribution < 1.29 is 32.9 Å². The van der Waals surface area contributed by atoms with Crippen molar-refractivity contribution in [3.05, 3.63) is 65.2 Å². The van der Waals surface area contributed by atoms with Crippen molar-refractivity contribution in [3.63, 3.8) is 0 Å². The summed E-state index contributed by atoms with van der Waals surface area (Å²) >= 11 is 0. The van der Waals surface area contributed by atoms with Gasteiger partial charge in [0.15, 0.2) is 0 Å². The maximum atomic E-state index is 12.8. The van der Waals surface area contributed by atoms with E-state index in [0.29, 0.717) is 16.9 Å². The van der Waals surface area contributed by atoms with Crippen molar-refractivity contribution in [2.75, 3.05) is 7.11 Å². The molecule has 4 atom stereocenters. The maximum Gasteiger partial charge on any atom is 0.416 e. The van der Waals surface area contributed by atoms with Crippen molar-refractivity contribution in [1.82, 2.24) is 5.32 Å². The van der Waals surface area contributed by atoms with Crippen LogP contribution in [-0.2, 0) is 6.18 Å². The lowest BCUT2D eigenvalue weighted by Crippen LogP contribution is -2.45. The fourth-order valence-corrected chi connectivity index (χ4v) is 3.47. The van der Waals surface area contributed by atoms with Crippen molar-refractivity contribution in [2.45, 2.75) is 36.8 Å². The van der Waals surface area contributed by atoms with Gasteiger partial charge in [-0.3, -0.25) is 4.79 Å². The Morgan fingerprint density at radius 2 is 1.82 bits per heavy atom. The molecule has 0 aliphatic heterocycles. The number of aliphatic hydroxyl groups is 2.